The monoisotopic (exact) mass is 450 g/mol. The summed E-state index contributed by atoms with van der Waals surface area (Å²) < 4.78 is 65.0. The third-order valence-corrected chi connectivity index (χ3v) is 8.78. The van der Waals surface area contributed by atoms with E-state index < -0.39 is 35.7 Å². The Kier molecular flexibility index (Phi) is 6.40. The summed E-state index contributed by atoms with van der Waals surface area (Å²) in [5.41, 5.74) is -0.590. The van der Waals surface area contributed by atoms with Crippen LogP contribution >= 0.6 is 0 Å². The summed E-state index contributed by atoms with van der Waals surface area (Å²) in [5, 5.41) is 11.3. The van der Waals surface area contributed by atoms with Crippen molar-refractivity contribution >= 4 is 25.9 Å². The lowest BCUT2D eigenvalue weighted by Crippen LogP contribution is -2.55. The van der Waals surface area contributed by atoms with Crippen LogP contribution in [0.15, 0.2) is 23.1 Å². The number of rotatable bonds is 6. The number of nitro benzene ring substituents is 1. The molecule has 2 saturated heterocycles. The standard InChI is InChI=1S/C15H22N4O8S2/c1-26-13-2-3-15(14(12-13)19(20)21)28(22,23)16-4-6-17(7-5-16)29(24,25)18-8-10-27-11-9-18/h2-3,12H,4-11H2,1H3. The molecule has 0 saturated carbocycles. The molecule has 0 amide bonds. The summed E-state index contributed by atoms with van der Waals surface area (Å²) in [6.45, 7) is 0.844. The lowest BCUT2D eigenvalue weighted by molar-refractivity contribution is -0.387. The molecular weight excluding hydrogens is 428 g/mol. The highest BCUT2D eigenvalue weighted by Gasteiger charge is 2.38. The SMILES string of the molecule is COc1ccc(S(=O)(=O)N2CCN(S(=O)(=O)N3CCOCC3)CC2)c([N+](=O)[O-])c1. The van der Waals surface area contributed by atoms with Crippen LogP contribution in [0.1, 0.15) is 0 Å². The molecule has 0 N–H and O–H groups in total. The van der Waals surface area contributed by atoms with Gasteiger partial charge in [-0.2, -0.15) is 21.3 Å². The van der Waals surface area contributed by atoms with E-state index in [2.05, 4.69) is 0 Å². The smallest absolute Gasteiger partial charge is 0.293 e. The largest absolute Gasteiger partial charge is 0.497 e. The Morgan fingerprint density at radius 3 is 2.07 bits per heavy atom. The number of piperazine rings is 1. The summed E-state index contributed by atoms with van der Waals surface area (Å²) in [6.07, 6.45) is 0. The lowest BCUT2D eigenvalue weighted by atomic mass is 10.3. The molecular formula is C15H22N4O8S2. The Morgan fingerprint density at radius 1 is 0.966 bits per heavy atom. The van der Waals surface area contributed by atoms with Crippen molar-refractivity contribution in [2.45, 2.75) is 4.90 Å². The summed E-state index contributed by atoms with van der Waals surface area (Å²) in [6, 6.07) is 3.51. The third-order valence-electron chi connectivity index (χ3n) is 4.80. The van der Waals surface area contributed by atoms with Crippen molar-refractivity contribution in [2.75, 3.05) is 59.6 Å². The number of hydrogen-bond acceptors (Lipinski definition) is 8. The van der Waals surface area contributed by atoms with Crippen LogP contribution in [0.2, 0.25) is 0 Å². The van der Waals surface area contributed by atoms with Crippen molar-refractivity contribution in [1.82, 2.24) is 12.9 Å². The number of benzene rings is 1. The molecule has 2 aliphatic rings. The summed E-state index contributed by atoms with van der Waals surface area (Å²) in [5.74, 6) is 0.164. The second kappa shape index (κ2) is 8.49. The zero-order valence-corrected chi connectivity index (χ0v) is 17.4. The quantitative estimate of drug-likeness (QED) is 0.417. The van der Waals surface area contributed by atoms with Gasteiger partial charge in [0.05, 0.1) is 31.3 Å². The van der Waals surface area contributed by atoms with E-state index >= 15 is 0 Å². The number of methoxy groups -OCH3 is 1. The Morgan fingerprint density at radius 2 is 1.52 bits per heavy atom. The van der Waals surface area contributed by atoms with Gasteiger partial charge in [0, 0.05) is 39.3 Å². The molecule has 0 bridgehead atoms. The van der Waals surface area contributed by atoms with Crippen LogP contribution in [0.5, 0.6) is 5.75 Å². The van der Waals surface area contributed by atoms with Gasteiger partial charge in [0.25, 0.3) is 15.9 Å². The van der Waals surface area contributed by atoms with Gasteiger partial charge in [0.2, 0.25) is 10.0 Å². The maximum atomic E-state index is 13.0. The van der Waals surface area contributed by atoms with E-state index in [-0.39, 0.29) is 45.0 Å². The van der Waals surface area contributed by atoms with Crippen LogP contribution < -0.4 is 4.74 Å². The topological polar surface area (TPSA) is 140 Å². The van der Waals surface area contributed by atoms with Crippen molar-refractivity contribution in [3.8, 4) is 5.75 Å². The van der Waals surface area contributed by atoms with Gasteiger partial charge in [-0.1, -0.05) is 0 Å². The zero-order valence-electron chi connectivity index (χ0n) is 15.8. The lowest BCUT2D eigenvalue weighted by Gasteiger charge is -2.37. The van der Waals surface area contributed by atoms with E-state index in [1.165, 1.54) is 21.8 Å². The highest BCUT2D eigenvalue weighted by Crippen LogP contribution is 2.31. The van der Waals surface area contributed by atoms with Crippen molar-refractivity contribution in [3.63, 3.8) is 0 Å². The zero-order chi connectivity index (χ0) is 21.2. The number of morpholine rings is 1. The molecule has 3 rings (SSSR count). The Bertz CT molecular complexity index is 968. The second-order valence-electron chi connectivity index (χ2n) is 6.41. The van der Waals surface area contributed by atoms with E-state index in [1.807, 2.05) is 0 Å². The first-order chi connectivity index (χ1) is 13.7. The van der Waals surface area contributed by atoms with Gasteiger partial charge >= 0.3 is 0 Å². The van der Waals surface area contributed by atoms with Crippen molar-refractivity contribution in [3.05, 3.63) is 28.3 Å². The minimum Gasteiger partial charge on any atom is -0.497 e. The van der Waals surface area contributed by atoms with Gasteiger partial charge in [-0.3, -0.25) is 10.1 Å². The number of sulfonamides is 1. The molecule has 0 unspecified atom stereocenters. The third kappa shape index (κ3) is 4.36. The van der Waals surface area contributed by atoms with Gasteiger partial charge in [-0.15, -0.1) is 0 Å². The highest BCUT2D eigenvalue weighted by molar-refractivity contribution is 7.89. The highest BCUT2D eigenvalue weighted by atomic mass is 32.2. The molecule has 0 atom stereocenters. The van der Waals surface area contributed by atoms with Crippen molar-refractivity contribution in [1.29, 1.82) is 0 Å². The molecule has 2 fully saturated rings. The molecule has 1 aromatic rings. The predicted molar refractivity (Wildman–Crippen MR) is 101 cm³/mol. The van der Waals surface area contributed by atoms with Crippen LogP contribution in [0.3, 0.4) is 0 Å². The summed E-state index contributed by atoms with van der Waals surface area (Å²) in [4.78, 5) is 10.1. The van der Waals surface area contributed by atoms with Crippen LogP contribution in [0.4, 0.5) is 5.69 Å². The maximum Gasteiger partial charge on any atom is 0.293 e. The second-order valence-corrected chi connectivity index (χ2v) is 10.2. The van der Waals surface area contributed by atoms with Gasteiger partial charge in [-0.25, -0.2) is 8.42 Å². The minimum absolute atomic E-state index is 0.0388. The molecule has 162 valence electrons. The van der Waals surface area contributed by atoms with Gasteiger partial charge in [0.15, 0.2) is 4.90 Å². The van der Waals surface area contributed by atoms with Crippen LogP contribution in [0, 0.1) is 10.1 Å². The van der Waals surface area contributed by atoms with Gasteiger partial charge in [-0.05, 0) is 12.1 Å². The van der Waals surface area contributed by atoms with Crippen LogP contribution in [-0.4, -0.2) is 94.3 Å². The van der Waals surface area contributed by atoms with Crippen molar-refractivity contribution in [2.24, 2.45) is 0 Å². The normalized spacial score (nSPS) is 20.4. The fourth-order valence-corrected chi connectivity index (χ4v) is 6.33. The van der Waals surface area contributed by atoms with Crippen LogP contribution in [0.25, 0.3) is 0 Å². The van der Waals surface area contributed by atoms with E-state index in [4.69, 9.17) is 9.47 Å². The molecule has 2 aliphatic heterocycles. The number of nitrogens with zero attached hydrogens (tertiary/aromatic N) is 4. The maximum absolute atomic E-state index is 13.0. The first-order valence-electron chi connectivity index (χ1n) is 8.83. The molecule has 0 aromatic heterocycles. The van der Waals surface area contributed by atoms with Gasteiger partial charge in [0.1, 0.15) is 5.75 Å². The average Bonchev–Trinajstić information content (AvgIpc) is 2.74. The van der Waals surface area contributed by atoms with Gasteiger partial charge < -0.3 is 9.47 Å². The molecule has 12 nitrogen and oxygen atoms in total. The molecule has 29 heavy (non-hydrogen) atoms. The molecule has 0 radical (unpaired) electrons. The molecule has 0 aliphatic carbocycles. The molecule has 1 aromatic carbocycles. The fraction of sp³-hybridized carbons (Fsp3) is 0.600. The van der Waals surface area contributed by atoms with E-state index in [9.17, 15) is 26.9 Å². The Balaban J connectivity index is 1.77. The number of ether oxygens (including phenoxy) is 2. The Hall–Kier alpha value is -1.84. The van der Waals surface area contributed by atoms with E-state index in [0.29, 0.717) is 13.2 Å². The number of hydrogen-bond donors (Lipinski definition) is 0. The van der Waals surface area contributed by atoms with E-state index in [0.717, 1.165) is 16.4 Å². The predicted octanol–water partition coefficient (Wildman–Crippen LogP) is -0.513. The average molecular weight is 450 g/mol. The van der Waals surface area contributed by atoms with E-state index in [1.54, 1.807) is 0 Å². The van der Waals surface area contributed by atoms with Crippen LogP contribution in [-0.2, 0) is 25.0 Å². The molecule has 14 heteroatoms. The summed E-state index contributed by atoms with van der Waals surface area (Å²) in [7, 11) is -6.56. The fourth-order valence-electron chi connectivity index (χ4n) is 3.21. The minimum atomic E-state index is -4.18. The molecule has 0 spiro atoms. The first kappa shape index (κ1) is 21.9. The van der Waals surface area contributed by atoms with Crippen molar-refractivity contribution < 1.29 is 31.2 Å². The molecule has 2 heterocycles. The number of nitro groups is 1. The summed E-state index contributed by atoms with van der Waals surface area (Å²) >= 11 is 0. The Labute approximate surface area is 169 Å². The first-order valence-corrected chi connectivity index (χ1v) is 11.7.